The van der Waals surface area contributed by atoms with Crippen LogP contribution in [0.1, 0.15) is 11.1 Å². The summed E-state index contributed by atoms with van der Waals surface area (Å²) in [4.78, 5) is 0. The zero-order valence-corrected chi connectivity index (χ0v) is 11.6. The zero-order chi connectivity index (χ0) is 14.1. The van der Waals surface area contributed by atoms with Gasteiger partial charge < -0.3 is 10.3 Å². The monoisotopic (exact) mass is 288 g/mol. The number of nitrogens with two attached hydrogens (primary N) is 1. The molecule has 0 aliphatic carbocycles. The molecule has 2 aromatic carbocycles. The molecule has 0 amide bonds. The van der Waals surface area contributed by atoms with Crippen molar-refractivity contribution in [3.05, 3.63) is 70.6 Å². The van der Waals surface area contributed by atoms with Gasteiger partial charge in [0.15, 0.2) is 0 Å². The van der Waals surface area contributed by atoms with Crippen molar-refractivity contribution in [2.45, 2.75) is 13.1 Å². The van der Waals surface area contributed by atoms with E-state index in [0.717, 1.165) is 22.0 Å². The van der Waals surface area contributed by atoms with Gasteiger partial charge in [-0.3, -0.25) is 0 Å². The van der Waals surface area contributed by atoms with Crippen molar-refractivity contribution >= 4 is 22.5 Å². The summed E-state index contributed by atoms with van der Waals surface area (Å²) in [6.07, 6.45) is 2.03. The van der Waals surface area contributed by atoms with Crippen molar-refractivity contribution in [2.75, 3.05) is 0 Å². The van der Waals surface area contributed by atoms with Crippen LogP contribution in [0.4, 0.5) is 4.39 Å². The van der Waals surface area contributed by atoms with Crippen molar-refractivity contribution in [1.29, 1.82) is 0 Å². The van der Waals surface area contributed by atoms with Crippen LogP contribution < -0.4 is 5.73 Å². The lowest BCUT2D eigenvalue weighted by atomic mass is 10.2. The minimum atomic E-state index is -0.321. The van der Waals surface area contributed by atoms with Crippen LogP contribution in [0.2, 0.25) is 5.02 Å². The Balaban J connectivity index is 2.06. The van der Waals surface area contributed by atoms with E-state index in [2.05, 4.69) is 10.6 Å². The van der Waals surface area contributed by atoms with E-state index >= 15 is 0 Å². The van der Waals surface area contributed by atoms with Gasteiger partial charge in [0.05, 0.1) is 0 Å². The number of rotatable bonds is 3. The van der Waals surface area contributed by atoms with E-state index < -0.39 is 0 Å². The lowest BCUT2D eigenvalue weighted by Crippen LogP contribution is -1.99. The molecule has 102 valence electrons. The maximum atomic E-state index is 13.1. The van der Waals surface area contributed by atoms with E-state index in [9.17, 15) is 4.39 Å². The standard InChI is InChI=1S/C16H14ClFN2/c17-15-7-13(18)6-5-11(15)9-20-10-12(8-19)14-3-1-2-4-16(14)20/h1-7,10H,8-9,19H2. The number of fused-ring (bicyclic) bond motifs is 1. The number of nitrogens with zero attached hydrogens (tertiary/aromatic N) is 1. The molecule has 2 nitrogen and oxygen atoms in total. The van der Waals surface area contributed by atoms with Gasteiger partial charge in [0.25, 0.3) is 0 Å². The van der Waals surface area contributed by atoms with E-state index in [-0.39, 0.29) is 5.82 Å². The summed E-state index contributed by atoms with van der Waals surface area (Å²) in [6, 6.07) is 12.6. The van der Waals surface area contributed by atoms with Crippen molar-refractivity contribution in [1.82, 2.24) is 4.57 Å². The minimum Gasteiger partial charge on any atom is -0.343 e. The molecule has 0 bridgehead atoms. The SMILES string of the molecule is NCc1cn(Cc2ccc(F)cc2Cl)c2ccccc12. The van der Waals surface area contributed by atoms with Crippen molar-refractivity contribution in [3.8, 4) is 0 Å². The quantitative estimate of drug-likeness (QED) is 0.777. The normalized spacial score (nSPS) is 11.2. The van der Waals surface area contributed by atoms with Crippen LogP contribution >= 0.6 is 11.6 Å². The van der Waals surface area contributed by atoms with E-state index in [4.69, 9.17) is 17.3 Å². The zero-order valence-electron chi connectivity index (χ0n) is 10.8. The molecule has 0 aliphatic rings. The topological polar surface area (TPSA) is 30.9 Å². The Morgan fingerprint density at radius 3 is 2.65 bits per heavy atom. The predicted octanol–water partition coefficient (Wildman–Crippen LogP) is 3.94. The Bertz CT molecular complexity index is 764. The van der Waals surface area contributed by atoms with E-state index in [0.29, 0.717) is 18.1 Å². The van der Waals surface area contributed by atoms with Gasteiger partial charge in [-0.05, 0) is 29.3 Å². The lowest BCUT2D eigenvalue weighted by molar-refractivity contribution is 0.626. The van der Waals surface area contributed by atoms with Gasteiger partial charge in [-0.1, -0.05) is 35.9 Å². The molecule has 1 heterocycles. The fraction of sp³-hybridized carbons (Fsp3) is 0.125. The summed E-state index contributed by atoms with van der Waals surface area (Å²) >= 11 is 6.09. The van der Waals surface area contributed by atoms with E-state index in [1.165, 1.54) is 12.1 Å². The second-order valence-electron chi connectivity index (χ2n) is 4.74. The van der Waals surface area contributed by atoms with Crippen LogP contribution in [-0.2, 0) is 13.1 Å². The second-order valence-corrected chi connectivity index (χ2v) is 5.15. The number of hydrogen-bond donors (Lipinski definition) is 1. The molecule has 0 unspecified atom stereocenters. The first-order chi connectivity index (χ1) is 9.69. The third kappa shape index (κ3) is 2.30. The highest BCUT2D eigenvalue weighted by atomic mass is 35.5. The average molecular weight is 289 g/mol. The number of benzene rings is 2. The Morgan fingerprint density at radius 1 is 1.10 bits per heavy atom. The van der Waals surface area contributed by atoms with Gasteiger partial charge in [0, 0.05) is 35.2 Å². The third-order valence-corrected chi connectivity index (χ3v) is 3.80. The highest BCUT2D eigenvalue weighted by Gasteiger charge is 2.09. The second kappa shape index (κ2) is 5.27. The molecular weight excluding hydrogens is 275 g/mol. The smallest absolute Gasteiger partial charge is 0.124 e. The van der Waals surface area contributed by atoms with Gasteiger partial charge in [0.1, 0.15) is 5.82 Å². The summed E-state index contributed by atoms with van der Waals surface area (Å²) in [5, 5.41) is 1.59. The molecule has 0 radical (unpaired) electrons. The molecule has 1 aromatic heterocycles. The highest BCUT2D eigenvalue weighted by molar-refractivity contribution is 6.31. The maximum Gasteiger partial charge on any atom is 0.124 e. The lowest BCUT2D eigenvalue weighted by Gasteiger charge is -2.07. The Hall–Kier alpha value is -1.84. The molecule has 4 heteroatoms. The van der Waals surface area contributed by atoms with Crippen LogP contribution in [0.5, 0.6) is 0 Å². The first-order valence-corrected chi connectivity index (χ1v) is 6.77. The summed E-state index contributed by atoms with van der Waals surface area (Å²) < 4.78 is 15.2. The van der Waals surface area contributed by atoms with Crippen molar-refractivity contribution in [3.63, 3.8) is 0 Å². The van der Waals surface area contributed by atoms with Crippen LogP contribution in [0.15, 0.2) is 48.7 Å². The number of hydrogen-bond acceptors (Lipinski definition) is 1. The molecule has 3 aromatic rings. The Kier molecular flexibility index (Phi) is 3.47. The van der Waals surface area contributed by atoms with Crippen molar-refractivity contribution < 1.29 is 4.39 Å². The van der Waals surface area contributed by atoms with E-state index in [1.54, 1.807) is 6.07 Å². The Morgan fingerprint density at radius 2 is 1.90 bits per heavy atom. The van der Waals surface area contributed by atoms with Crippen LogP contribution in [0.3, 0.4) is 0 Å². The molecule has 2 N–H and O–H groups in total. The molecule has 0 aliphatic heterocycles. The summed E-state index contributed by atoms with van der Waals surface area (Å²) in [6.45, 7) is 1.09. The average Bonchev–Trinajstić information content (AvgIpc) is 2.80. The summed E-state index contributed by atoms with van der Waals surface area (Å²) in [5.41, 5.74) is 8.87. The molecule has 0 fully saturated rings. The van der Waals surface area contributed by atoms with Gasteiger partial charge in [-0.2, -0.15) is 0 Å². The fourth-order valence-electron chi connectivity index (χ4n) is 2.45. The summed E-state index contributed by atoms with van der Waals surface area (Å²) in [5.74, 6) is -0.321. The van der Waals surface area contributed by atoms with Crippen molar-refractivity contribution in [2.24, 2.45) is 5.73 Å². The van der Waals surface area contributed by atoms with Crippen LogP contribution in [0.25, 0.3) is 10.9 Å². The molecule has 0 saturated carbocycles. The number of aromatic nitrogens is 1. The highest BCUT2D eigenvalue weighted by Crippen LogP contribution is 2.24. The van der Waals surface area contributed by atoms with Gasteiger partial charge in [0.2, 0.25) is 0 Å². The molecule has 3 rings (SSSR count). The number of halogens is 2. The first kappa shape index (κ1) is 13.2. The van der Waals surface area contributed by atoms with Crippen LogP contribution in [-0.4, -0.2) is 4.57 Å². The minimum absolute atomic E-state index is 0.321. The molecular formula is C16H14ClFN2. The maximum absolute atomic E-state index is 13.1. The van der Waals surface area contributed by atoms with Gasteiger partial charge in [-0.15, -0.1) is 0 Å². The molecule has 0 saturated heterocycles. The van der Waals surface area contributed by atoms with Gasteiger partial charge >= 0.3 is 0 Å². The fourth-order valence-corrected chi connectivity index (χ4v) is 2.68. The molecule has 0 atom stereocenters. The van der Waals surface area contributed by atoms with Gasteiger partial charge in [-0.25, -0.2) is 4.39 Å². The summed E-state index contributed by atoms with van der Waals surface area (Å²) in [7, 11) is 0. The molecule has 0 spiro atoms. The largest absolute Gasteiger partial charge is 0.343 e. The predicted molar refractivity (Wildman–Crippen MR) is 80.3 cm³/mol. The third-order valence-electron chi connectivity index (χ3n) is 3.45. The Labute approximate surface area is 121 Å². The first-order valence-electron chi connectivity index (χ1n) is 6.40. The molecule has 20 heavy (non-hydrogen) atoms. The van der Waals surface area contributed by atoms with Crippen LogP contribution in [0, 0.1) is 5.82 Å². The van der Waals surface area contributed by atoms with E-state index in [1.807, 2.05) is 24.4 Å². The number of para-hydroxylation sites is 1.